The second kappa shape index (κ2) is 18.9. The van der Waals surface area contributed by atoms with Gasteiger partial charge >= 0.3 is 0 Å². The van der Waals surface area contributed by atoms with Crippen LogP contribution < -0.4 is 50.0 Å². The highest BCUT2D eigenvalue weighted by Gasteiger charge is 2.45. The molecule has 368 valence electrons. The van der Waals surface area contributed by atoms with E-state index in [0.29, 0.717) is 0 Å². The van der Waals surface area contributed by atoms with Crippen molar-refractivity contribution in [2.75, 3.05) is 43.1 Å². The van der Waals surface area contributed by atoms with E-state index in [0.717, 1.165) is 102 Å². The van der Waals surface area contributed by atoms with Crippen molar-refractivity contribution in [3.05, 3.63) is 205 Å². The molecule has 0 saturated heterocycles. The van der Waals surface area contributed by atoms with Crippen molar-refractivity contribution in [2.45, 2.75) is 52.4 Å². The van der Waals surface area contributed by atoms with Gasteiger partial charge in [-0.3, -0.25) is 0 Å². The van der Waals surface area contributed by atoms with E-state index >= 15 is 0 Å². The van der Waals surface area contributed by atoms with Crippen LogP contribution in [0.2, 0.25) is 0 Å². The fraction of sp³-hybridized carbons (Fsp3) is 0.182. The Morgan fingerprint density at radius 3 is 1.11 bits per heavy atom. The van der Waals surface area contributed by atoms with Crippen LogP contribution in [-0.2, 0) is 10.8 Å². The fourth-order valence-corrected chi connectivity index (χ4v) is 10.8. The van der Waals surface area contributed by atoms with Crippen molar-refractivity contribution < 1.29 is 18.9 Å². The Hall–Kier alpha value is -8.36. The lowest BCUT2D eigenvalue weighted by molar-refractivity contribution is 0.414. The molecule has 2 aliphatic rings. The summed E-state index contributed by atoms with van der Waals surface area (Å²) < 4.78 is 23.5. The average Bonchev–Trinajstić information content (AvgIpc) is 3.43. The molecular formula is C66H62BN3O4. The van der Waals surface area contributed by atoms with E-state index in [4.69, 9.17) is 18.9 Å². The molecule has 0 saturated carbocycles. The summed E-state index contributed by atoms with van der Waals surface area (Å²) in [6, 6.07) is 70.3. The first-order valence-corrected chi connectivity index (χ1v) is 25.4. The lowest BCUT2D eigenvalue weighted by Gasteiger charge is -2.46. The largest absolute Gasteiger partial charge is 0.497 e. The zero-order chi connectivity index (χ0) is 51.5. The van der Waals surface area contributed by atoms with E-state index in [1.165, 1.54) is 22.3 Å². The van der Waals surface area contributed by atoms with Gasteiger partial charge in [-0.05, 0) is 182 Å². The topological polar surface area (TPSA) is 46.6 Å². The zero-order valence-electron chi connectivity index (χ0n) is 44.0. The third kappa shape index (κ3) is 8.58. The Labute approximate surface area is 437 Å². The van der Waals surface area contributed by atoms with E-state index in [9.17, 15) is 0 Å². The molecule has 0 aliphatic carbocycles. The molecule has 74 heavy (non-hydrogen) atoms. The van der Waals surface area contributed by atoms with Gasteiger partial charge in [0.2, 0.25) is 0 Å². The van der Waals surface area contributed by atoms with Crippen molar-refractivity contribution in [3.63, 3.8) is 0 Å². The number of fused-ring (bicyclic) bond motifs is 4. The number of benzene rings is 9. The van der Waals surface area contributed by atoms with Crippen LogP contribution >= 0.6 is 0 Å². The van der Waals surface area contributed by atoms with Crippen LogP contribution in [0.25, 0.3) is 22.3 Å². The van der Waals surface area contributed by atoms with Crippen LogP contribution in [-0.4, -0.2) is 35.2 Å². The highest BCUT2D eigenvalue weighted by Crippen LogP contribution is 2.51. The first-order valence-electron chi connectivity index (χ1n) is 25.4. The third-order valence-corrected chi connectivity index (χ3v) is 14.8. The smallest absolute Gasteiger partial charge is 0.252 e. The first kappa shape index (κ1) is 47.9. The maximum Gasteiger partial charge on any atom is 0.252 e. The molecule has 11 rings (SSSR count). The predicted octanol–water partition coefficient (Wildman–Crippen LogP) is 15.2. The van der Waals surface area contributed by atoms with Crippen LogP contribution in [0.15, 0.2) is 194 Å². The van der Waals surface area contributed by atoms with Crippen LogP contribution in [0.1, 0.15) is 52.7 Å². The monoisotopic (exact) mass is 971 g/mol. The van der Waals surface area contributed by atoms with Crippen molar-refractivity contribution in [1.29, 1.82) is 0 Å². The van der Waals surface area contributed by atoms with Gasteiger partial charge in [-0.2, -0.15) is 0 Å². The SMILES string of the molecule is COc1ccc(N2c3ccc(OC)cc3B3c4cc(OC)ccc4N(c4ccc(OC)cc4)c4c(N(c5ccc(-c6ccc(C(C)(C)C)cc6)cc5)c5ccc(-c6ccc(C(C)(C)C)cc6)cc5)ccc2c43)cc1. The highest BCUT2D eigenvalue weighted by atomic mass is 16.5. The molecule has 0 unspecified atom stereocenters. The minimum absolute atomic E-state index is 0.0641. The molecular weight excluding hydrogens is 910 g/mol. The van der Waals surface area contributed by atoms with Crippen molar-refractivity contribution in [3.8, 4) is 45.3 Å². The molecule has 2 heterocycles. The Morgan fingerprint density at radius 1 is 0.365 bits per heavy atom. The summed E-state index contributed by atoms with van der Waals surface area (Å²) in [5.41, 5.74) is 20.0. The van der Waals surface area contributed by atoms with Crippen LogP contribution in [0.3, 0.4) is 0 Å². The summed E-state index contributed by atoms with van der Waals surface area (Å²) in [5, 5.41) is 0. The van der Waals surface area contributed by atoms with E-state index in [-0.39, 0.29) is 17.5 Å². The summed E-state index contributed by atoms with van der Waals surface area (Å²) >= 11 is 0. The Morgan fingerprint density at radius 2 is 0.716 bits per heavy atom. The molecule has 0 amide bonds. The number of anilines is 9. The standard InChI is InChI=1S/C66H62BN3O4/c1-65(2,3)47-19-11-43(12-20-47)45-15-23-49(24-16-45)68(50-25-17-46(18-26-50)44-13-21-48(22-14-44)66(4,5)6)62-40-39-61-63-64(62)70(52-29-33-54(72-8)34-30-52)60-38-36-56(74-10)42-58(60)67(63)57-41-55(73-9)35-37-59(57)69(61)51-27-31-53(71-7)32-28-51/h11-42H,1-10H3. The van der Waals surface area contributed by atoms with Gasteiger partial charge in [0.25, 0.3) is 6.71 Å². The van der Waals surface area contributed by atoms with E-state index in [1.807, 2.05) is 24.3 Å². The number of rotatable bonds is 11. The molecule has 9 aromatic rings. The van der Waals surface area contributed by atoms with E-state index in [1.54, 1.807) is 28.4 Å². The molecule has 0 radical (unpaired) electrons. The van der Waals surface area contributed by atoms with Crippen molar-refractivity contribution in [2.24, 2.45) is 0 Å². The zero-order valence-corrected chi connectivity index (χ0v) is 44.0. The molecule has 7 nitrogen and oxygen atoms in total. The Bertz CT molecular complexity index is 3370. The summed E-state index contributed by atoms with van der Waals surface area (Å²) in [7, 11) is 6.90. The van der Waals surface area contributed by atoms with Gasteiger partial charge < -0.3 is 33.6 Å². The predicted molar refractivity (Wildman–Crippen MR) is 310 cm³/mol. The minimum Gasteiger partial charge on any atom is -0.497 e. The van der Waals surface area contributed by atoms with Crippen LogP contribution in [0.5, 0.6) is 23.0 Å². The second-order valence-electron chi connectivity index (χ2n) is 21.3. The molecule has 0 atom stereocenters. The van der Waals surface area contributed by atoms with Crippen LogP contribution in [0, 0.1) is 0 Å². The number of ether oxygens (including phenoxy) is 4. The molecule has 0 aromatic heterocycles. The quantitative estimate of drug-likeness (QED) is 0.120. The van der Waals surface area contributed by atoms with Gasteiger partial charge in [-0.1, -0.05) is 114 Å². The number of nitrogens with zero attached hydrogens (tertiary/aromatic N) is 3. The maximum absolute atomic E-state index is 6.04. The minimum atomic E-state index is -0.224. The van der Waals surface area contributed by atoms with Gasteiger partial charge in [-0.15, -0.1) is 0 Å². The molecule has 8 heteroatoms. The van der Waals surface area contributed by atoms with Crippen molar-refractivity contribution >= 4 is 74.3 Å². The summed E-state index contributed by atoms with van der Waals surface area (Å²) in [6.45, 7) is 13.3. The molecule has 0 bridgehead atoms. The maximum atomic E-state index is 6.04. The van der Waals surface area contributed by atoms with E-state index < -0.39 is 0 Å². The fourth-order valence-electron chi connectivity index (χ4n) is 10.8. The second-order valence-corrected chi connectivity index (χ2v) is 21.3. The highest BCUT2D eigenvalue weighted by molar-refractivity contribution is 7.00. The summed E-state index contributed by atoms with van der Waals surface area (Å²) in [4.78, 5) is 7.24. The molecule has 0 spiro atoms. The number of hydrogen-bond acceptors (Lipinski definition) is 7. The first-order chi connectivity index (χ1) is 35.8. The lowest BCUT2D eigenvalue weighted by atomic mass is 9.33. The number of hydrogen-bond donors (Lipinski definition) is 0. The molecule has 2 aliphatic heterocycles. The number of methoxy groups -OCH3 is 4. The van der Waals surface area contributed by atoms with Gasteiger partial charge in [0.15, 0.2) is 0 Å². The summed E-state index contributed by atoms with van der Waals surface area (Å²) in [6.07, 6.45) is 0. The van der Waals surface area contributed by atoms with E-state index in [2.05, 4.69) is 226 Å². The molecule has 9 aromatic carbocycles. The van der Waals surface area contributed by atoms with Gasteiger partial charge in [0.05, 0.1) is 39.8 Å². The lowest BCUT2D eigenvalue weighted by Crippen LogP contribution is -2.61. The van der Waals surface area contributed by atoms with Crippen LogP contribution in [0.4, 0.5) is 51.2 Å². The van der Waals surface area contributed by atoms with Gasteiger partial charge in [0.1, 0.15) is 23.0 Å². The Balaban J connectivity index is 1.19. The summed E-state index contributed by atoms with van der Waals surface area (Å²) in [5.74, 6) is 3.14. The average molecular weight is 972 g/mol. The third-order valence-electron chi connectivity index (χ3n) is 14.8. The van der Waals surface area contributed by atoms with Gasteiger partial charge in [-0.25, -0.2) is 0 Å². The normalized spacial score (nSPS) is 12.6. The Kier molecular flexibility index (Phi) is 12.3. The van der Waals surface area contributed by atoms with Gasteiger partial charge in [0, 0.05) is 39.8 Å². The molecule has 0 fully saturated rings. The van der Waals surface area contributed by atoms with Crippen molar-refractivity contribution in [1.82, 2.24) is 0 Å². The molecule has 0 N–H and O–H groups in total.